The molecule has 98 valence electrons. The Labute approximate surface area is 114 Å². The molecule has 0 radical (unpaired) electrons. The van der Waals surface area contributed by atoms with Crippen molar-refractivity contribution >= 4 is 23.4 Å². The second kappa shape index (κ2) is 5.53. The molecule has 1 aromatic carbocycles. The van der Waals surface area contributed by atoms with Crippen LogP contribution in [0.2, 0.25) is 5.02 Å². The molecule has 0 atom stereocenters. The highest BCUT2D eigenvalue weighted by Crippen LogP contribution is 2.10. The minimum atomic E-state index is -0.445. The zero-order valence-corrected chi connectivity index (χ0v) is 10.8. The van der Waals surface area contributed by atoms with Gasteiger partial charge in [-0.1, -0.05) is 17.7 Å². The summed E-state index contributed by atoms with van der Waals surface area (Å²) in [6, 6.07) is 6.41. The second-order valence-corrected chi connectivity index (χ2v) is 4.26. The molecular formula is C12H11ClN4O2. The van der Waals surface area contributed by atoms with E-state index in [1.807, 2.05) is 0 Å². The third-order valence-corrected chi connectivity index (χ3v) is 2.58. The van der Waals surface area contributed by atoms with E-state index in [4.69, 9.17) is 11.6 Å². The topological polar surface area (TPSA) is 76.0 Å². The maximum atomic E-state index is 11.7. The number of nitrogens with zero attached hydrogens (tertiary/aromatic N) is 2. The van der Waals surface area contributed by atoms with E-state index in [9.17, 15) is 9.59 Å². The first kappa shape index (κ1) is 13.1. The van der Waals surface area contributed by atoms with Gasteiger partial charge in [0.2, 0.25) is 0 Å². The van der Waals surface area contributed by atoms with Crippen molar-refractivity contribution < 1.29 is 9.59 Å². The highest BCUT2D eigenvalue weighted by atomic mass is 35.5. The SMILES string of the molecule is Cn1cc(C(=O)NNC(=O)c2cccc(Cl)c2)cn1. The molecular weight excluding hydrogens is 268 g/mol. The fourth-order valence-corrected chi connectivity index (χ4v) is 1.62. The summed E-state index contributed by atoms with van der Waals surface area (Å²) in [6.07, 6.45) is 2.95. The first-order valence-corrected chi connectivity index (χ1v) is 5.79. The normalized spacial score (nSPS) is 10.0. The van der Waals surface area contributed by atoms with Crippen LogP contribution < -0.4 is 10.9 Å². The predicted molar refractivity (Wildman–Crippen MR) is 69.6 cm³/mol. The number of hydrazine groups is 1. The Hall–Kier alpha value is -2.34. The Morgan fingerprint density at radius 2 is 1.89 bits per heavy atom. The number of carbonyl (C=O) groups is 2. The molecule has 2 amide bonds. The van der Waals surface area contributed by atoms with Crippen LogP contribution in [-0.2, 0) is 7.05 Å². The van der Waals surface area contributed by atoms with Crippen LogP contribution in [-0.4, -0.2) is 21.6 Å². The van der Waals surface area contributed by atoms with E-state index in [1.165, 1.54) is 16.9 Å². The van der Waals surface area contributed by atoms with Crippen molar-refractivity contribution in [1.29, 1.82) is 0 Å². The highest BCUT2D eigenvalue weighted by Gasteiger charge is 2.10. The zero-order chi connectivity index (χ0) is 13.8. The van der Waals surface area contributed by atoms with Crippen LogP contribution in [0.4, 0.5) is 0 Å². The monoisotopic (exact) mass is 278 g/mol. The molecule has 2 aromatic rings. The Balaban J connectivity index is 1.95. The molecule has 19 heavy (non-hydrogen) atoms. The zero-order valence-electron chi connectivity index (χ0n) is 10.1. The van der Waals surface area contributed by atoms with Gasteiger partial charge in [-0.2, -0.15) is 5.10 Å². The molecule has 0 saturated carbocycles. The van der Waals surface area contributed by atoms with E-state index < -0.39 is 11.8 Å². The number of benzene rings is 1. The minimum Gasteiger partial charge on any atom is -0.275 e. The molecule has 0 aliphatic carbocycles. The molecule has 0 spiro atoms. The molecule has 0 saturated heterocycles. The summed E-state index contributed by atoms with van der Waals surface area (Å²) in [7, 11) is 1.70. The largest absolute Gasteiger partial charge is 0.275 e. The molecule has 7 heteroatoms. The van der Waals surface area contributed by atoms with E-state index in [0.717, 1.165) is 0 Å². The summed E-state index contributed by atoms with van der Waals surface area (Å²) in [5.74, 6) is -0.886. The smallest absolute Gasteiger partial charge is 0.272 e. The van der Waals surface area contributed by atoms with E-state index >= 15 is 0 Å². The van der Waals surface area contributed by atoms with Gasteiger partial charge in [0.25, 0.3) is 11.8 Å². The number of amides is 2. The number of hydrogen-bond acceptors (Lipinski definition) is 3. The van der Waals surface area contributed by atoms with Crippen molar-refractivity contribution in [3.63, 3.8) is 0 Å². The van der Waals surface area contributed by atoms with Crippen molar-refractivity contribution in [3.8, 4) is 0 Å². The lowest BCUT2D eigenvalue weighted by atomic mass is 10.2. The van der Waals surface area contributed by atoms with E-state index in [2.05, 4.69) is 16.0 Å². The Morgan fingerprint density at radius 1 is 1.21 bits per heavy atom. The molecule has 0 bridgehead atoms. The third kappa shape index (κ3) is 3.32. The fraction of sp³-hybridized carbons (Fsp3) is 0.0833. The molecule has 1 aromatic heterocycles. The van der Waals surface area contributed by atoms with Gasteiger partial charge < -0.3 is 0 Å². The van der Waals surface area contributed by atoms with E-state index in [-0.39, 0.29) is 0 Å². The Morgan fingerprint density at radius 3 is 2.47 bits per heavy atom. The number of carbonyl (C=O) groups excluding carboxylic acids is 2. The summed E-state index contributed by atoms with van der Waals surface area (Å²) in [6.45, 7) is 0. The van der Waals surface area contributed by atoms with Crippen molar-refractivity contribution in [2.45, 2.75) is 0 Å². The van der Waals surface area contributed by atoms with Gasteiger partial charge in [-0.25, -0.2) is 0 Å². The number of aromatic nitrogens is 2. The maximum absolute atomic E-state index is 11.7. The van der Waals surface area contributed by atoms with Crippen LogP contribution in [0, 0.1) is 0 Å². The van der Waals surface area contributed by atoms with Crippen LogP contribution in [0.1, 0.15) is 20.7 Å². The van der Waals surface area contributed by atoms with Gasteiger partial charge in [0.15, 0.2) is 0 Å². The van der Waals surface area contributed by atoms with Crippen LogP contribution in [0.15, 0.2) is 36.7 Å². The third-order valence-electron chi connectivity index (χ3n) is 2.34. The lowest BCUT2D eigenvalue weighted by Crippen LogP contribution is -2.41. The van der Waals surface area contributed by atoms with Gasteiger partial charge in [0.1, 0.15) is 0 Å². The summed E-state index contributed by atoms with van der Waals surface area (Å²) < 4.78 is 1.49. The summed E-state index contributed by atoms with van der Waals surface area (Å²) in [4.78, 5) is 23.4. The summed E-state index contributed by atoms with van der Waals surface area (Å²) in [5.41, 5.74) is 5.31. The van der Waals surface area contributed by atoms with E-state index in [0.29, 0.717) is 16.1 Å². The first-order chi connectivity index (χ1) is 9.06. The number of aryl methyl sites for hydroxylation is 1. The number of rotatable bonds is 2. The number of halogens is 1. The van der Waals surface area contributed by atoms with Crippen molar-refractivity contribution in [1.82, 2.24) is 20.6 Å². The van der Waals surface area contributed by atoms with Crippen molar-refractivity contribution in [2.24, 2.45) is 7.05 Å². The highest BCUT2D eigenvalue weighted by molar-refractivity contribution is 6.30. The van der Waals surface area contributed by atoms with Crippen molar-refractivity contribution in [3.05, 3.63) is 52.8 Å². The molecule has 0 fully saturated rings. The lowest BCUT2D eigenvalue weighted by molar-refractivity contribution is 0.0846. The quantitative estimate of drug-likeness (QED) is 0.809. The molecule has 0 unspecified atom stereocenters. The lowest BCUT2D eigenvalue weighted by Gasteiger charge is -2.06. The minimum absolute atomic E-state index is 0.355. The summed E-state index contributed by atoms with van der Waals surface area (Å²) >= 11 is 5.77. The first-order valence-electron chi connectivity index (χ1n) is 5.41. The van der Waals surface area contributed by atoms with Crippen molar-refractivity contribution in [2.75, 3.05) is 0 Å². The van der Waals surface area contributed by atoms with Gasteiger partial charge in [-0.05, 0) is 18.2 Å². The standard InChI is InChI=1S/C12H11ClN4O2/c1-17-7-9(6-14-17)12(19)16-15-11(18)8-3-2-4-10(13)5-8/h2-7H,1H3,(H,15,18)(H,16,19). The average molecular weight is 279 g/mol. The molecule has 2 N–H and O–H groups in total. The number of hydrogen-bond donors (Lipinski definition) is 2. The fourth-order valence-electron chi connectivity index (χ4n) is 1.43. The summed E-state index contributed by atoms with van der Waals surface area (Å²) in [5, 5.41) is 4.31. The van der Waals surface area contributed by atoms with Gasteiger partial charge in [0, 0.05) is 23.8 Å². The Bertz CT molecular complexity index is 624. The molecule has 2 rings (SSSR count). The van der Waals surface area contributed by atoms with Crippen LogP contribution in [0.5, 0.6) is 0 Å². The van der Waals surface area contributed by atoms with Crippen LogP contribution >= 0.6 is 11.6 Å². The van der Waals surface area contributed by atoms with Gasteiger partial charge in [-0.15, -0.1) is 0 Å². The van der Waals surface area contributed by atoms with Gasteiger partial charge >= 0.3 is 0 Å². The van der Waals surface area contributed by atoms with Crippen LogP contribution in [0.3, 0.4) is 0 Å². The maximum Gasteiger partial charge on any atom is 0.272 e. The Kier molecular flexibility index (Phi) is 3.82. The second-order valence-electron chi connectivity index (χ2n) is 3.82. The average Bonchev–Trinajstić information content (AvgIpc) is 2.82. The molecule has 6 nitrogen and oxygen atoms in total. The molecule has 1 heterocycles. The van der Waals surface area contributed by atoms with Crippen LogP contribution in [0.25, 0.3) is 0 Å². The van der Waals surface area contributed by atoms with E-state index in [1.54, 1.807) is 31.4 Å². The van der Waals surface area contributed by atoms with Gasteiger partial charge in [-0.3, -0.25) is 25.1 Å². The number of nitrogens with one attached hydrogen (secondary N) is 2. The van der Waals surface area contributed by atoms with Gasteiger partial charge in [0.05, 0.1) is 11.8 Å². The molecule has 0 aliphatic heterocycles. The molecule has 0 aliphatic rings. The predicted octanol–water partition coefficient (Wildman–Crippen LogP) is 1.15.